The van der Waals surface area contributed by atoms with Gasteiger partial charge >= 0.3 is 0 Å². The van der Waals surface area contributed by atoms with Gasteiger partial charge in [0, 0.05) is 37.4 Å². The molecule has 2 unspecified atom stereocenters. The van der Waals surface area contributed by atoms with Crippen molar-refractivity contribution in [2.75, 3.05) is 32.2 Å². The molecule has 0 saturated carbocycles. The van der Waals surface area contributed by atoms with Crippen molar-refractivity contribution in [3.05, 3.63) is 36.3 Å². The molecule has 1 aromatic carbocycles. The predicted octanol–water partition coefficient (Wildman–Crippen LogP) is 1.45. The standard InChI is InChI=1S/C18H22N4O4S/c1-12-19-7-6-18(20-12)21-10-13-8-14(11-21)22(13)27(23,24)15-4-5-16(25-2)17(9-15)26-3/h4-7,9,13-14H,8,10-11H2,1-3H3. The zero-order chi connectivity index (χ0) is 19.2. The molecule has 9 heteroatoms. The van der Waals surface area contributed by atoms with E-state index in [1.54, 1.807) is 22.6 Å². The zero-order valence-corrected chi connectivity index (χ0v) is 16.3. The number of piperidine rings is 1. The first-order valence-electron chi connectivity index (χ1n) is 8.74. The second-order valence-corrected chi connectivity index (χ2v) is 8.61. The first kappa shape index (κ1) is 18.0. The summed E-state index contributed by atoms with van der Waals surface area (Å²) in [5.41, 5.74) is 0. The Hall–Kier alpha value is -2.39. The van der Waals surface area contributed by atoms with Gasteiger partial charge in [0.15, 0.2) is 11.5 Å². The highest BCUT2D eigenvalue weighted by Crippen LogP contribution is 2.40. The summed E-state index contributed by atoms with van der Waals surface area (Å²) in [6, 6.07) is 6.46. The molecular formula is C18H22N4O4S. The summed E-state index contributed by atoms with van der Waals surface area (Å²) in [6.45, 7) is 3.10. The van der Waals surface area contributed by atoms with Crippen molar-refractivity contribution in [2.24, 2.45) is 0 Å². The highest BCUT2D eigenvalue weighted by Gasteiger charge is 2.51. The van der Waals surface area contributed by atoms with Crippen LogP contribution in [-0.4, -0.2) is 62.1 Å². The maximum Gasteiger partial charge on any atom is 0.243 e. The van der Waals surface area contributed by atoms with Crippen LogP contribution in [0.4, 0.5) is 5.82 Å². The lowest BCUT2D eigenvalue weighted by Crippen LogP contribution is -2.70. The highest BCUT2D eigenvalue weighted by atomic mass is 32.2. The molecule has 144 valence electrons. The SMILES string of the molecule is COc1ccc(S(=O)(=O)N2C3CC2CN(c2ccnc(C)n2)C3)cc1OC. The number of fused-ring (bicyclic) bond motifs is 2. The van der Waals surface area contributed by atoms with E-state index in [0.29, 0.717) is 30.4 Å². The molecule has 2 aromatic rings. The quantitative estimate of drug-likeness (QED) is 0.764. The fraction of sp³-hybridized carbons (Fsp3) is 0.444. The van der Waals surface area contributed by atoms with Gasteiger partial charge in [0.05, 0.1) is 19.1 Å². The topological polar surface area (TPSA) is 84.9 Å². The third kappa shape index (κ3) is 3.00. The second-order valence-electron chi connectivity index (χ2n) is 6.76. The van der Waals surface area contributed by atoms with E-state index >= 15 is 0 Å². The van der Waals surface area contributed by atoms with Crippen molar-refractivity contribution >= 4 is 15.8 Å². The van der Waals surface area contributed by atoms with Crippen LogP contribution in [0.1, 0.15) is 12.2 Å². The molecule has 3 aliphatic rings. The zero-order valence-electron chi connectivity index (χ0n) is 15.5. The van der Waals surface area contributed by atoms with Gasteiger partial charge in [0.1, 0.15) is 11.6 Å². The first-order chi connectivity index (χ1) is 12.9. The molecule has 0 aliphatic carbocycles. The fourth-order valence-corrected chi connectivity index (χ4v) is 5.70. The summed E-state index contributed by atoms with van der Waals surface area (Å²) < 4.78 is 38.4. The van der Waals surface area contributed by atoms with Crippen LogP contribution in [0, 0.1) is 6.92 Å². The number of methoxy groups -OCH3 is 2. The summed E-state index contributed by atoms with van der Waals surface area (Å²) in [4.78, 5) is 10.9. The summed E-state index contributed by atoms with van der Waals surface area (Å²) in [5, 5.41) is 0. The lowest BCUT2D eigenvalue weighted by atomic mass is 9.91. The monoisotopic (exact) mass is 390 g/mol. The molecule has 0 N–H and O–H groups in total. The number of hydrogen-bond donors (Lipinski definition) is 0. The molecule has 3 aliphatic heterocycles. The van der Waals surface area contributed by atoms with Gasteiger partial charge in [-0.2, -0.15) is 4.31 Å². The third-order valence-electron chi connectivity index (χ3n) is 5.14. The van der Waals surface area contributed by atoms with Crippen LogP contribution >= 0.6 is 0 Å². The summed E-state index contributed by atoms with van der Waals surface area (Å²) >= 11 is 0. The Balaban J connectivity index is 1.57. The largest absolute Gasteiger partial charge is 0.493 e. The Morgan fingerprint density at radius 3 is 2.41 bits per heavy atom. The Morgan fingerprint density at radius 2 is 1.78 bits per heavy atom. The minimum absolute atomic E-state index is 0.0582. The van der Waals surface area contributed by atoms with E-state index in [1.807, 2.05) is 13.0 Å². The van der Waals surface area contributed by atoms with Gasteiger partial charge < -0.3 is 14.4 Å². The van der Waals surface area contributed by atoms with Crippen molar-refractivity contribution in [2.45, 2.75) is 30.3 Å². The van der Waals surface area contributed by atoms with Crippen LogP contribution in [0.25, 0.3) is 0 Å². The highest BCUT2D eigenvalue weighted by molar-refractivity contribution is 7.89. The van der Waals surface area contributed by atoms with Crippen molar-refractivity contribution in [1.29, 1.82) is 0 Å². The normalized spacial score (nSPS) is 22.3. The average Bonchev–Trinajstić information content (AvgIpc) is 2.67. The number of sulfonamides is 1. The van der Waals surface area contributed by atoms with Crippen LogP contribution in [0.2, 0.25) is 0 Å². The van der Waals surface area contributed by atoms with E-state index in [2.05, 4.69) is 14.9 Å². The lowest BCUT2D eigenvalue weighted by Gasteiger charge is -2.55. The van der Waals surface area contributed by atoms with E-state index in [1.165, 1.54) is 20.3 Å². The van der Waals surface area contributed by atoms with E-state index in [4.69, 9.17) is 9.47 Å². The number of ether oxygens (including phenoxy) is 2. The van der Waals surface area contributed by atoms with Gasteiger partial charge in [-0.1, -0.05) is 0 Å². The van der Waals surface area contributed by atoms with Crippen molar-refractivity contribution in [3.63, 3.8) is 0 Å². The van der Waals surface area contributed by atoms with Crippen LogP contribution in [0.15, 0.2) is 35.4 Å². The minimum atomic E-state index is -3.59. The molecule has 0 spiro atoms. The van der Waals surface area contributed by atoms with Gasteiger partial charge in [-0.3, -0.25) is 0 Å². The maximum absolute atomic E-state index is 13.2. The molecule has 5 rings (SSSR count). The lowest BCUT2D eigenvalue weighted by molar-refractivity contribution is 0.0874. The Labute approximate surface area is 158 Å². The number of anilines is 1. The first-order valence-corrected chi connectivity index (χ1v) is 10.2. The number of nitrogens with zero attached hydrogens (tertiary/aromatic N) is 4. The molecule has 27 heavy (non-hydrogen) atoms. The molecule has 0 amide bonds. The third-order valence-corrected chi connectivity index (χ3v) is 7.14. The van der Waals surface area contributed by atoms with Gasteiger partial charge in [-0.05, 0) is 31.5 Å². The van der Waals surface area contributed by atoms with Gasteiger partial charge in [-0.25, -0.2) is 18.4 Å². The fourth-order valence-electron chi connectivity index (χ4n) is 3.87. The van der Waals surface area contributed by atoms with E-state index < -0.39 is 10.0 Å². The molecule has 4 heterocycles. The number of rotatable bonds is 5. The smallest absolute Gasteiger partial charge is 0.243 e. The van der Waals surface area contributed by atoms with Crippen molar-refractivity contribution in [1.82, 2.24) is 14.3 Å². The molecule has 2 atom stereocenters. The van der Waals surface area contributed by atoms with E-state index in [0.717, 1.165) is 12.2 Å². The number of piperazine rings is 1. The summed E-state index contributed by atoms with van der Waals surface area (Å²) in [5.74, 6) is 2.47. The maximum atomic E-state index is 13.2. The van der Waals surface area contributed by atoms with Crippen LogP contribution in [0.5, 0.6) is 11.5 Å². The van der Waals surface area contributed by atoms with E-state index in [9.17, 15) is 8.42 Å². The molecule has 0 radical (unpaired) electrons. The molecule has 8 nitrogen and oxygen atoms in total. The van der Waals surface area contributed by atoms with Gasteiger partial charge in [-0.15, -0.1) is 0 Å². The van der Waals surface area contributed by atoms with Gasteiger partial charge in [0.25, 0.3) is 0 Å². The van der Waals surface area contributed by atoms with Crippen LogP contribution < -0.4 is 14.4 Å². The average molecular weight is 390 g/mol. The minimum Gasteiger partial charge on any atom is -0.493 e. The number of aromatic nitrogens is 2. The number of hydrogen-bond acceptors (Lipinski definition) is 7. The molecule has 3 fully saturated rings. The van der Waals surface area contributed by atoms with Crippen LogP contribution in [0.3, 0.4) is 0 Å². The second kappa shape index (κ2) is 6.65. The summed E-state index contributed by atoms with van der Waals surface area (Å²) in [6.07, 6.45) is 2.60. The molecule has 2 bridgehead atoms. The number of benzene rings is 1. The number of aryl methyl sites for hydroxylation is 1. The van der Waals surface area contributed by atoms with Crippen LogP contribution in [-0.2, 0) is 10.0 Å². The summed E-state index contributed by atoms with van der Waals surface area (Å²) in [7, 11) is -0.577. The predicted molar refractivity (Wildman–Crippen MR) is 99.7 cm³/mol. The van der Waals surface area contributed by atoms with Crippen molar-refractivity contribution in [3.8, 4) is 11.5 Å². The Kier molecular flexibility index (Phi) is 4.43. The Bertz CT molecular complexity index is 954. The van der Waals surface area contributed by atoms with Crippen molar-refractivity contribution < 1.29 is 17.9 Å². The van der Waals surface area contributed by atoms with Gasteiger partial charge in [0.2, 0.25) is 10.0 Å². The molecular weight excluding hydrogens is 368 g/mol. The molecule has 3 saturated heterocycles. The Morgan fingerprint density at radius 1 is 1.07 bits per heavy atom. The molecule has 1 aromatic heterocycles. The van der Waals surface area contributed by atoms with E-state index in [-0.39, 0.29) is 17.0 Å².